The van der Waals surface area contributed by atoms with E-state index in [-0.39, 0.29) is 17.7 Å². The maximum Gasteiger partial charge on any atom is 0.338 e. The zero-order chi connectivity index (χ0) is 27.0. The molecule has 3 heterocycles. The van der Waals surface area contributed by atoms with Gasteiger partial charge in [-0.1, -0.05) is 65.4 Å². The first kappa shape index (κ1) is 26.2. The highest BCUT2D eigenvalue weighted by molar-refractivity contribution is 9.10. The molecule has 2 aromatic heterocycles. The van der Waals surface area contributed by atoms with Crippen molar-refractivity contribution in [3.63, 3.8) is 0 Å². The molecular formula is C28H23BrClN3O4S. The number of hydrogen-bond acceptors (Lipinski definition) is 7. The van der Waals surface area contributed by atoms with Gasteiger partial charge in [-0.2, -0.15) is 0 Å². The molecule has 2 aromatic carbocycles. The van der Waals surface area contributed by atoms with Crippen LogP contribution in [0, 0.1) is 0 Å². The highest BCUT2D eigenvalue weighted by atomic mass is 79.9. The monoisotopic (exact) mass is 611 g/mol. The number of carbonyl (C=O) groups is 1. The number of furan rings is 1. The van der Waals surface area contributed by atoms with E-state index in [4.69, 9.17) is 25.7 Å². The van der Waals surface area contributed by atoms with Crippen molar-refractivity contribution >= 4 is 62.5 Å². The SMILES string of the molecule is CCOC(=O)C1=C(c2ccccc2)N=c2s/c(=C/c3cc(Br)c(N(C)C)o3)c(=O)n2[C@@H]1c1ccc(Cl)cc1. The predicted octanol–water partition coefficient (Wildman–Crippen LogP) is 5.01. The molecule has 1 atom stereocenters. The number of thiazole rings is 1. The number of carbonyl (C=O) groups excluding carboxylic acids is 1. The zero-order valence-corrected chi connectivity index (χ0v) is 23.9. The molecule has 7 nitrogen and oxygen atoms in total. The molecule has 1 aliphatic heterocycles. The summed E-state index contributed by atoms with van der Waals surface area (Å²) in [5, 5.41) is 0.547. The highest BCUT2D eigenvalue weighted by Gasteiger charge is 2.35. The van der Waals surface area contributed by atoms with E-state index in [9.17, 15) is 9.59 Å². The van der Waals surface area contributed by atoms with Crippen LogP contribution >= 0.6 is 38.9 Å². The van der Waals surface area contributed by atoms with Crippen LogP contribution in [0.1, 0.15) is 29.9 Å². The molecule has 0 unspecified atom stereocenters. The van der Waals surface area contributed by atoms with Crippen molar-refractivity contribution in [1.82, 2.24) is 4.57 Å². The molecule has 38 heavy (non-hydrogen) atoms. The lowest BCUT2D eigenvalue weighted by Crippen LogP contribution is -2.40. The number of fused-ring (bicyclic) bond motifs is 1. The van der Waals surface area contributed by atoms with E-state index >= 15 is 0 Å². The number of rotatable bonds is 6. The Labute approximate surface area is 236 Å². The second kappa shape index (κ2) is 10.8. The third kappa shape index (κ3) is 4.89. The summed E-state index contributed by atoms with van der Waals surface area (Å²) in [6.07, 6.45) is 1.69. The number of nitrogens with zero attached hydrogens (tertiary/aromatic N) is 3. The molecule has 10 heteroatoms. The largest absolute Gasteiger partial charge is 0.463 e. The first-order valence-electron chi connectivity index (χ1n) is 11.8. The molecule has 0 amide bonds. The van der Waals surface area contributed by atoms with Gasteiger partial charge in [0, 0.05) is 36.8 Å². The zero-order valence-electron chi connectivity index (χ0n) is 20.8. The topological polar surface area (TPSA) is 77.0 Å². The van der Waals surface area contributed by atoms with Crippen LogP contribution in [0.3, 0.4) is 0 Å². The number of anilines is 1. The summed E-state index contributed by atoms with van der Waals surface area (Å²) >= 11 is 10.9. The molecule has 194 valence electrons. The predicted molar refractivity (Wildman–Crippen MR) is 153 cm³/mol. The van der Waals surface area contributed by atoms with Gasteiger partial charge in [-0.15, -0.1) is 0 Å². The summed E-state index contributed by atoms with van der Waals surface area (Å²) in [7, 11) is 3.74. The van der Waals surface area contributed by atoms with Gasteiger partial charge >= 0.3 is 5.97 Å². The number of esters is 1. The maximum absolute atomic E-state index is 13.9. The van der Waals surface area contributed by atoms with E-state index in [2.05, 4.69) is 15.9 Å². The second-order valence-corrected chi connectivity index (χ2v) is 11.0. The highest BCUT2D eigenvalue weighted by Crippen LogP contribution is 2.35. The van der Waals surface area contributed by atoms with Crippen molar-refractivity contribution in [2.45, 2.75) is 13.0 Å². The average molecular weight is 613 g/mol. The lowest BCUT2D eigenvalue weighted by atomic mass is 9.93. The molecular weight excluding hydrogens is 590 g/mol. The van der Waals surface area contributed by atoms with Crippen molar-refractivity contribution in [2.24, 2.45) is 4.99 Å². The first-order valence-corrected chi connectivity index (χ1v) is 13.8. The average Bonchev–Trinajstić information content (AvgIpc) is 3.43. The first-order chi connectivity index (χ1) is 18.3. The normalized spacial score (nSPS) is 15.3. The van der Waals surface area contributed by atoms with Gasteiger partial charge in [-0.3, -0.25) is 9.36 Å². The van der Waals surface area contributed by atoms with Crippen LogP contribution in [0.15, 0.2) is 84.9 Å². The third-order valence-corrected chi connectivity index (χ3v) is 7.73. The molecule has 5 rings (SSSR count). The molecule has 0 spiro atoms. The minimum Gasteiger partial charge on any atom is -0.463 e. The van der Waals surface area contributed by atoms with Crippen LogP contribution in [-0.2, 0) is 9.53 Å². The summed E-state index contributed by atoms with van der Waals surface area (Å²) < 4.78 is 14.1. The molecule has 0 fully saturated rings. The van der Waals surface area contributed by atoms with Crippen molar-refractivity contribution in [2.75, 3.05) is 25.6 Å². The Morgan fingerprint density at radius 3 is 2.55 bits per heavy atom. The molecule has 0 saturated carbocycles. The molecule has 0 aliphatic carbocycles. The Balaban J connectivity index is 1.80. The number of ether oxygens (including phenoxy) is 1. The van der Waals surface area contributed by atoms with Crippen LogP contribution in [0.2, 0.25) is 5.02 Å². The van der Waals surface area contributed by atoms with E-state index in [0.29, 0.717) is 37.3 Å². The van der Waals surface area contributed by atoms with E-state index in [1.54, 1.807) is 29.7 Å². The van der Waals surface area contributed by atoms with Gasteiger partial charge in [-0.25, -0.2) is 9.79 Å². The smallest absolute Gasteiger partial charge is 0.338 e. The number of aromatic nitrogens is 1. The van der Waals surface area contributed by atoms with Gasteiger partial charge in [-0.05, 0) is 40.5 Å². The summed E-state index contributed by atoms with van der Waals surface area (Å²) in [6, 6.07) is 17.6. The second-order valence-electron chi connectivity index (χ2n) is 8.68. The lowest BCUT2D eigenvalue weighted by Gasteiger charge is -2.25. The van der Waals surface area contributed by atoms with Gasteiger partial charge in [0.2, 0.25) is 5.88 Å². The van der Waals surface area contributed by atoms with E-state index in [1.165, 1.54) is 11.3 Å². The van der Waals surface area contributed by atoms with Crippen LogP contribution in [0.25, 0.3) is 11.8 Å². The van der Waals surface area contributed by atoms with Crippen LogP contribution < -0.4 is 19.8 Å². The third-order valence-electron chi connectivity index (χ3n) is 5.93. The molecule has 4 aromatic rings. The number of benzene rings is 2. The fourth-order valence-corrected chi connectivity index (χ4v) is 6.05. The standard InChI is InChI=1S/C28H23BrClN3O4S/c1-4-36-27(35)22-23(16-8-6-5-7-9-16)31-28-33(24(22)17-10-12-18(30)13-11-17)25(34)21(38-28)15-19-14-20(29)26(37-19)32(2)3/h5-15,24H,4H2,1-3H3/b21-15+/t24-/m1/s1. The Hall–Kier alpha value is -3.40. The Morgan fingerprint density at radius 2 is 1.92 bits per heavy atom. The van der Waals surface area contributed by atoms with E-state index in [0.717, 1.165) is 10.0 Å². The summed E-state index contributed by atoms with van der Waals surface area (Å²) in [5.41, 5.74) is 1.92. The fraction of sp³-hybridized carbons (Fsp3) is 0.179. The van der Waals surface area contributed by atoms with Crippen molar-refractivity contribution in [3.8, 4) is 0 Å². The number of halogens is 2. The van der Waals surface area contributed by atoms with Gasteiger partial charge in [0.05, 0.1) is 32.9 Å². The van der Waals surface area contributed by atoms with Gasteiger partial charge in [0.15, 0.2) is 4.80 Å². The van der Waals surface area contributed by atoms with E-state index < -0.39 is 12.0 Å². The van der Waals surface area contributed by atoms with Gasteiger partial charge in [0.1, 0.15) is 5.76 Å². The van der Waals surface area contributed by atoms with Crippen LogP contribution in [0.4, 0.5) is 5.88 Å². The maximum atomic E-state index is 13.9. The Kier molecular flexibility index (Phi) is 7.43. The Bertz CT molecular complexity index is 1720. The summed E-state index contributed by atoms with van der Waals surface area (Å²) in [5.74, 6) is 0.621. The van der Waals surface area contributed by atoms with E-state index in [1.807, 2.05) is 67.5 Å². The molecule has 1 aliphatic rings. The minimum absolute atomic E-state index is 0.184. The minimum atomic E-state index is -0.763. The Morgan fingerprint density at radius 1 is 1.21 bits per heavy atom. The summed E-state index contributed by atoms with van der Waals surface area (Å²) in [4.78, 5) is 34.5. The number of hydrogen-bond donors (Lipinski definition) is 0. The molecule has 0 radical (unpaired) electrons. The molecule has 0 saturated heterocycles. The molecule has 0 bridgehead atoms. The molecule has 0 N–H and O–H groups in total. The van der Waals surface area contributed by atoms with Gasteiger partial charge < -0.3 is 14.1 Å². The quantitative estimate of drug-likeness (QED) is 0.286. The lowest BCUT2D eigenvalue weighted by molar-refractivity contribution is -0.138. The fourth-order valence-electron chi connectivity index (χ4n) is 4.28. The van der Waals surface area contributed by atoms with Crippen molar-refractivity contribution in [3.05, 3.63) is 112 Å². The summed E-state index contributed by atoms with van der Waals surface area (Å²) in [6.45, 7) is 1.93. The van der Waals surface area contributed by atoms with Crippen molar-refractivity contribution in [1.29, 1.82) is 0 Å². The van der Waals surface area contributed by atoms with Crippen LogP contribution in [-0.4, -0.2) is 31.2 Å². The van der Waals surface area contributed by atoms with Crippen molar-refractivity contribution < 1.29 is 13.9 Å². The van der Waals surface area contributed by atoms with Crippen LogP contribution in [0.5, 0.6) is 0 Å². The van der Waals surface area contributed by atoms with Gasteiger partial charge in [0.25, 0.3) is 5.56 Å².